The SMILES string of the molecule is COc1cccc([C@@]23CCN(CC4CC4)C[C@@]2(O)Cc2c([nH]c4cccc([N+](=O)[O-])c24)C3)c1. The van der Waals surface area contributed by atoms with Gasteiger partial charge in [-0.05, 0) is 61.1 Å². The summed E-state index contributed by atoms with van der Waals surface area (Å²) in [5, 5.41) is 24.9. The molecule has 2 aromatic carbocycles. The number of non-ortho nitro benzene ring substituents is 1. The molecule has 7 nitrogen and oxygen atoms in total. The summed E-state index contributed by atoms with van der Waals surface area (Å²) in [5.41, 5.74) is 2.34. The molecule has 0 spiro atoms. The number of benzene rings is 2. The van der Waals surface area contributed by atoms with E-state index in [0.717, 1.165) is 53.5 Å². The monoisotopic (exact) mass is 447 g/mol. The number of methoxy groups -OCH3 is 1. The highest BCUT2D eigenvalue weighted by Crippen LogP contribution is 2.53. The van der Waals surface area contributed by atoms with Crippen LogP contribution in [0.2, 0.25) is 0 Å². The normalized spacial score (nSPS) is 27.2. The Labute approximate surface area is 192 Å². The summed E-state index contributed by atoms with van der Waals surface area (Å²) in [6.45, 7) is 2.54. The van der Waals surface area contributed by atoms with Crippen LogP contribution in [0.3, 0.4) is 0 Å². The molecule has 2 heterocycles. The maximum Gasteiger partial charge on any atom is 0.279 e. The van der Waals surface area contributed by atoms with Gasteiger partial charge in [0.2, 0.25) is 0 Å². The van der Waals surface area contributed by atoms with Gasteiger partial charge in [0.1, 0.15) is 5.75 Å². The zero-order valence-electron chi connectivity index (χ0n) is 18.8. The second-order valence-electron chi connectivity index (χ2n) is 10.2. The molecule has 1 saturated carbocycles. The van der Waals surface area contributed by atoms with E-state index in [-0.39, 0.29) is 10.6 Å². The number of piperidine rings is 1. The lowest BCUT2D eigenvalue weighted by atomic mass is 9.56. The first-order valence-electron chi connectivity index (χ1n) is 11.8. The van der Waals surface area contributed by atoms with Crippen molar-refractivity contribution >= 4 is 16.6 Å². The number of aromatic nitrogens is 1. The Bertz CT molecular complexity index is 1250. The molecule has 0 unspecified atom stereocenters. The Morgan fingerprint density at radius 3 is 2.82 bits per heavy atom. The first-order valence-corrected chi connectivity index (χ1v) is 11.8. The van der Waals surface area contributed by atoms with Crippen molar-refractivity contribution in [2.45, 2.75) is 43.1 Å². The smallest absolute Gasteiger partial charge is 0.279 e. The Morgan fingerprint density at radius 2 is 2.06 bits per heavy atom. The maximum atomic E-state index is 12.5. The van der Waals surface area contributed by atoms with E-state index in [9.17, 15) is 15.2 Å². The molecule has 0 amide bonds. The number of hydrogen-bond acceptors (Lipinski definition) is 5. The largest absolute Gasteiger partial charge is 0.497 e. The minimum atomic E-state index is -1.03. The molecule has 1 saturated heterocycles. The van der Waals surface area contributed by atoms with Crippen LogP contribution in [0.15, 0.2) is 42.5 Å². The van der Waals surface area contributed by atoms with Gasteiger partial charge in [-0.15, -0.1) is 0 Å². The summed E-state index contributed by atoms with van der Waals surface area (Å²) in [5.74, 6) is 1.52. The third-order valence-electron chi connectivity index (χ3n) is 8.20. The number of nitro benzene ring substituents is 1. The van der Waals surface area contributed by atoms with Crippen LogP contribution in [0.1, 0.15) is 36.1 Å². The number of ether oxygens (including phenoxy) is 1. The molecule has 0 bridgehead atoms. The second-order valence-corrected chi connectivity index (χ2v) is 10.2. The van der Waals surface area contributed by atoms with Crippen LogP contribution in [0.4, 0.5) is 5.69 Å². The molecule has 2 atom stereocenters. The summed E-state index contributed by atoms with van der Waals surface area (Å²) in [6.07, 6.45) is 4.39. The van der Waals surface area contributed by atoms with Crippen LogP contribution in [-0.2, 0) is 18.3 Å². The van der Waals surface area contributed by atoms with Gasteiger partial charge in [0, 0.05) is 43.1 Å². The first kappa shape index (κ1) is 20.7. The van der Waals surface area contributed by atoms with E-state index in [1.165, 1.54) is 12.8 Å². The van der Waals surface area contributed by atoms with Crippen molar-refractivity contribution in [2.24, 2.45) is 5.92 Å². The summed E-state index contributed by atoms with van der Waals surface area (Å²) in [6, 6.07) is 13.3. The van der Waals surface area contributed by atoms with Gasteiger partial charge in [-0.25, -0.2) is 0 Å². The Morgan fingerprint density at radius 1 is 1.24 bits per heavy atom. The molecule has 2 N–H and O–H groups in total. The zero-order chi connectivity index (χ0) is 22.8. The van der Waals surface area contributed by atoms with Crippen LogP contribution >= 0.6 is 0 Å². The van der Waals surface area contributed by atoms with E-state index in [1.54, 1.807) is 19.2 Å². The summed E-state index contributed by atoms with van der Waals surface area (Å²) in [7, 11) is 1.66. The molecule has 7 heteroatoms. The fourth-order valence-electron chi connectivity index (χ4n) is 6.36. The summed E-state index contributed by atoms with van der Waals surface area (Å²) in [4.78, 5) is 17.4. The lowest BCUT2D eigenvalue weighted by molar-refractivity contribution is -0.383. The Kier molecular flexibility index (Phi) is 4.58. The molecule has 2 aliphatic carbocycles. The molecule has 2 fully saturated rings. The van der Waals surface area contributed by atoms with Gasteiger partial charge >= 0.3 is 0 Å². The predicted molar refractivity (Wildman–Crippen MR) is 126 cm³/mol. The molecular formula is C26H29N3O4. The van der Waals surface area contributed by atoms with Crippen LogP contribution in [0.5, 0.6) is 5.75 Å². The van der Waals surface area contributed by atoms with Crippen molar-refractivity contribution < 1.29 is 14.8 Å². The molecule has 1 aliphatic heterocycles. The van der Waals surface area contributed by atoms with Crippen molar-refractivity contribution in [2.75, 3.05) is 26.7 Å². The number of aliphatic hydroxyl groups is 1. The molecule has 172 valence electrons. The number of aromatic amines is 1. The number of H-pyrrole nitrogens is 1. The number of β-amino-alcohol motifs (C(OH)–C–C–N with tert-alkyl or cyclic N) is 1. The molecule has 1 aromatic heterocycles. The maximum absolute atomic E-state index is 12.5. The minimum absolute atomic E-state index is 0.105. The number of hydrogen-bond donors (Lipinski definition) is 2. The number of likely N-dealkylation sites (tertiary alicyclic amines) is 1. The lowest BCUT2D eigenvalue weighted by Gasteiger charge is -2.56. The summed E-state index contributed by atoms with van der Waals surface area (Å²) >= 11 is 0. The van der Waals surface area contributed by atoms with Crippen molar-refractivity contribution in [3.8, 4) is 5.75 Å². The standard InChI is InChI=1S/C26H29N3O4/c1-33-19-5-2-4-18(12-19)25-10-11-28(15-17-8-9-17)16-26(25,30)13-20-22(14-25)27-21-6-3-7-23(24(20)21)29(31)32/h2-7,12,17,27,30H,8-11,13-16H2,1H3/t25-,26-/m0/s1. The fraction of sp³-hybridized carbons (Fsp3) is 0.462. The van der Waals surface area contributed by atoms with Crippen molar-refractivity contribution in [3.63, 3.8) is 0 Å². The van der Waals surface area contributed by atoms with Gasteiger partial charge in [0.25, 0.3) is 5.69 Å². The van der Waals surface area contributed by atoms with Crippen LogP contribution in [0, 0.1) is 16.0 Å². The lowest BCUT2D eigenvalue weighted by Crippen LogP contribution is -2.66. The van der Waals surface area contributed by atoms with Gasteiger partial charge in [0.15, 0.2) is 0 Å². The Hall–Kier alpha value is -2.90. The zero-order valence-corrected chi connectivity index (χ0v) is 18.8. The highest BCUT2D eigenvalue weighted by molar-refractivity contribution is 5.93. The Balaban J connectivity index is 1.52. The van der Waals surface area contributed by atoms with Gasteiger partial charge < -0.3 is 19.7 Å². The second kappa shape index (κ2) is 7.30. The molecular weight excluding hydrogens is 418 g/mol. The van der Waals surface area contributed by atoms with E-state index < -0.39 is 11.0 Å². The third-order valence-corrected chi connectivity index (χ3v) is 8.20. The summed E-state index contributed by atoms with van der Waals surface area (Å²) < 4.78 is 5.52. The van der Waals surface area contributed by atoms with Gasteiger partial charge in [-0.3, -0.25) is 10.1 Å². The first-order chi connectivity index (χ1) is 15.9. The molecule has 3 aliphatic rings. The number of rotatable bonds is 5. The van der Waals surface area contributed by atoms with E-state index in [4.69, 9.17) is 4.74 Å². The van der Waals surface area contributed by atoms with Crippen molar-refractivity contribution in [1.29, 1.82) is 0 Å². The average molecular weight is 448 g/mol. The average Bonchev–Trinajstić information content (AvgIpc) is 3.56. The topological polar surface area (TPSA) is 91.6 Å². The molecule has 3 aromatic rings. The quantitative estimate of drug-likeness (QED) is 0.456. The predicted octanol–water partition coefficient (Wildman–Crippen LogP) is 3.97. The molecule has 33 heavy (non-hydrogen) atoms. The fourth-order valence-corrected chi connectivity index (χ4v) is 6.36. The number of fused-ring (bicyclic) bond motifs is 4. The van der Waals surface area contributed by atoms with E-state index in [0.29, 0.717) is 24.8 Å². The van der Waals surface area contributed by atoms with E-state index in [2.05, 4.69) is 22.0 Å². The molecule has 6 rings (SSSR count). The van der Waals surface area contributed by atoms with Gasteiger partial charge in [-0.2, -0.15) is 0 Å². The highest BCUT2D eigenvalue weighted by atomic mass is 16.6. The van der Waals surface area contributed by atoms with Gasteiger partial charge in [0.05, 0.1) is 28.5 Å². The number of nitro groups is 1. The minimum Gasteiger partial charge on any atom is -0.497 e. The molecule has 0 radical (unpaired) electrons. The van der Waals surface area contributed by atoms with E-state index >= 15 is 0 Å². The third kappa shape index (κ3) is 3.17. The van der Waals surface area contributed by atoms with Crippen LogP contribution in [0.25, 0.3) is 10.9 Å². The number of nitrogens with zero attached hydrogens (tertiary/aromatic N) is 2. The van der Waals surface area contributed by atoms with Crippen LogP contribution < -0.4 is 4.74 Å². The highest BCUT2D eigenvalue weighted by Gasteiger charge is 2.58. The van der Waals surface area contributed by atoms with Crippen molar-refractivity contribution in [1.82, 2.24) is 9.88 Å². The van der Waals surface area contributed by atoms with Gasteiger partial charge in [-0.1, -0.05) is 18.2 Å². The van der Waals surface area contributed by atoms with E-state index in [1.807, 2.05) is 18.2 Å². The van der Waals surface area contributed by atoms with Crippen LogP contribution in [-0.4, -0.2) is 52.3 Å². The van der Waals surface area contributed by atoms with Crippen molar-refractivity contribution in [3.05, 3.63) is 69.4 Å². The number of nitrogens with one attached hydrogen (secondary N) is 1.